The highest BCUT2D eigenvalue weighted by atomic mass is 19.4. The molecule has 3 heterocycles. The Kier molecular flexibility index (Phi) is 4.96. The molecule has 0 aromatic heterocycles. The molecule has 2 saturated heterocycles. The maximum absolute atomic E-state index is 13.1. The van der Waals surface area contributed by atoms with Crippen molar-refractivity contribution < 1.29 is 32.2 Å². The Balaban J connectivity index is 1.26. The van der Waals surface area contributed by atoms with Crippen LogP contribution in [0.4, 0.5) is 24.5 Å². The number of amides is 2. The van der Waals surface area contributed by atoms with Gasteiger partial charge in [0, 0.05) is 37.9 Å². The minimum atomic E-state index is -4.40. The summed E-state index contributed by atoms with van der Waals surface area (Å²) in [6, 6.07) is 9.58. The SMILES string of the molecule is O=C1C[C@H](N2CCN(c3cccc(C(F)(F)F)c3)CC2)C(=O)N1c1ccc2c(c1)OCO2. The van der Waals surface area contributed by atoms with Gasteiger partial charge >= 0.3 is 6.18 Å². The Labute approximate surface area is 181 Å². The van der Waals surface area contributed by atoms with Gasteiger partial charge in [0.15, 0.2) is 11.5 Å². The van der Waals surface area contributed by atoms with Crippen molar-refractivity contribution in [3.05, 3.63) is 48.0 Å². The number of fused-ring (bicyclic) bond motifs is 1. The van der Waals surface area contributed by atoms with Crippen LogP contribution in [0, 0.1) is 0 Å². The molecule has 7 nitrogen and oxygen atoms in total. The highest BCUT2D eigenvalue weighted by Gasteiger charge is 2.43. The number of hydrogen-bond acceptors (Lipinski definition) is 6. The van der Waals surface area contributed by atoms with Gasteiger partial charge in [-0.1, -0.05) is 6.07 Å². The molecule has 10 heteroatoms. The van der Waals surface area contributed by atoms with Crippen molar-refractivity contribution in [2.75, 3.05) is 42.8 Å². The van der Waals surface area contributed by atoms with Gasteiger partial charge in [0.2, 0.25) is 12.7 Å². The van der Waals surface area contributed by atoms with E-state index in [-0.39, 0.29) is 25.0 Å². The zero-order valence-electron chi connectivity index (χ0n) is 17.0. The lowest BCUT2D eigenvalue weighted by molar-refractivity contribution is -0.137. The van der Waals surface area contributed by atoms with Crippen LogP contribution in [-0.2, 0) is 15.8 Å². The number of alkyl halides is 3. The van der Waals surface area contributed by atoms with E-state index in [0.29, 0.717) is 49.1 Å². The highest BCUT2D eigenvalue weighted by molar-refractivity contribution is 6.22. The molecule has 2 aromatic rings. The summed E-state index contributed by atoms with van der Waals surface area (Å²) >= 11 is 0. The summed E-state index contributed by atoms with van der Waals surface area (Å²) in [6.45, 7) is 1.95. The Morgan fingerprint density at radius 1 is 0.875 bits per heavy atom. The number of carbonyl (C=O) groups excluding carboxylic acids is 2. The predicted molar refractivity (Wildman–Crippen MR) is 109 cm³/mol. The predicted octanol–water partition coefficient (Wildman–Crippen LogP) is 2.89. The molecular formula is C22H20F3N3O4. The van der Waals surface area contributed by atoms with E-state index in [2.05, 4.69) is 0 Å². The number of imide groups is 1. The Morgan fingerprint density at radius 2 is 1.62 bits per heavy atom. The molecule has 2 amide bonds. The van der Waals surface area contributed by atoms with Gasteiger partial charge in [-0.3, -0.25) is 14.5 Å². The second-order valence-corrected chi connectivity index (χ2v) is 7.90. The van der Waals surface area contributed by atoms with Crippen molar-refractivity contribution in [3.63, 3.8) is 0 Å². The molecule has 0 N–H and O–H groups in total. The van der Waals surface area contributed by atoms with Crippen molar-refractivity contribution in [2.45, 2.75) is 18.6 Å². The Morgan fingerprint density at radius 3 is 2.38 bits per heavy atom. The number of carbonyl (C=O) groups is 2. The van der Waals surface area contributed by atoms with Crippen LogP contribution in [0.2, 0.25) is 0 Å². The van der Waals surface area contributed by atoms with Gasteiger partial charge in [-0.25, -0.2) is 4.90 Å². The molecular weight excluding hydrogens is 427 g/mol. The van der Waals surface area contributed by atoms with Crippen LogP contribution >= 0.6 is 0 Å². The lowest BCUT2D eigenvalue weighted by atomic mass is 10.1. The second-order valence-electron chi connectivity index (χ2n) is 7.90. The summed E-state index contributed by atoms with van der Waals surface area (Å²) in [6.07, 6.45) is -4.33. The van der Waals surface area contributed by atoms with Gasteiger partial charge in [0.25, 0.3) is 5.91 Å². The zero-order valence-corrected chi connectivity index (χ0v) is 17.0. The van der Waals surface area contributed by atoms with Gasteiger partial charge in [-0.2, -0.15) is 13.2 Å². The molecule has 5 rings (SSSR count). The van der Waals surface area contributed by atoms with Crippen LogP contribution in [0.5, 0.6) is 11.5 Å². The summed E-state index contributed by atoms with van der Waals surface area (Å²) in [5, 5.41) is 0. The van der Waals surface area contributed by atoms with Crippen molar-refractivity contribution >= 4 is 23.2 Å². The van der Waals surface area contributed by atoms with Crippen LogP contribution in [-0.4, -0.2) is 55.7 Å². The third kappa shape index (κ3) is 3.64. The minimum Gasteiger partial charge on any atom is -0.454 e. The zero-order chi connectivity index (χ0) is 22.5. The van der Waals surface area contributed by atoms with Crippen molar-refractivity contribution in [3.8, 4) is 11.5 Å². The monoisotopic (exact) mass is 447 g/mol. The molecule has 3 aliphatic rings. The number of piperazine rings is 1. The average molecular weight is 447 g/mol. The van der Waals surface area contributed by atoms with Gasteiger partial charge in [0.1, 0.15) is 0 Å². The third-order valence-electron chi connectivity index (χ3n) is 6.03. The van der Waals surface area contributed by atoms with E-state index in [4.69, 9.17) is 9.47 Å². The molecule has 3 aliphatic heterocycles. The molecule has 168 valence electrons. The van der Waals surface area contributed by atoms with E-state index >= 15 is 0 Å². The summed E-state index contributed by atoms with van der Waals surface area (Å²) in [4.78, 5) is 30.7. The topological polar surface area (TPSA) is 62.3 Å². The molecule has 0 aliphatic carbocycles. The van der Waals surface area contributed by atoms with E-state index in [1.807, 2.05) is 9.80 Å². The molecule has 32 heavy (non-hydrogen) atoms. The Bertz CT molecular complexity index is 1070. The smallest absolute Gasteiger partial charge is 0.416 e. The molecule has 2 aromatic carbocycles. The minimum absolute atomic E-state index is 0.0663. The first-order chi connectivity index (χ1) is 15.3. The largest absolute Gasteiger partial charge is 0.454 e. The fourth-order valence-corrected chi connectivity index (χ4v) is 4.37. The maximum Gasteiger partial charge on any atom is 0.416 e. The lowest BCUT2D eigenvalue weighted by Gasteiger charge is -2.38. The van der Waals surface area contributed by atoms with Crippen LogP contribution in [0.15, 0.2) is 42.5 Å². The fraction of sp³-hybridized carbons (Fsp3) is 0.364. The normalized spacial score (nSPS) is 21.5. The molecule has 0 radical (unpaired) electrons. The number of nitrogens with zero attached hydrogens (tertiary/aromatic N) is 3. The fourth-order valence-electron chi connectivity index (χ4n) is 4.37. The number of halogens is 3. The first kappa shape index (κ1) is 20.6. The van der Waals surface area contributed by atoms with Crippen LogP contribution in [0.25, 0.3) is 0 Å². The van der Waals surface area contributed by atoms with Crippen LogP contribution in [0.3, 0.4) is 0 Å². The molecule has 0 unspecified atom stereocenters. The van der Waals surface area contributed by atoms with E-state index < -0.39 is 17.8 Å². The first-order valence-electron chi connectivity index (χ1n) is 10.2. The molecule has 0 spiro atoms. The number of benzene rings is 2. The molecule has 0 bridgehead atoms. The third-order valence-corrected chi connectivity index (χ3v) is 6.03. The summed E-state index contributed by atoms with van der Waals surface area (Å²) in [7, 11) is 0. The second kappa shape index (κ2) is 7.70. The Hall–Kier alpha value is -3.27. The standard InChI is InChI=1S/C22H20F3N3O4/c23-22(24,25)14-2-1-3-15(10-14)26-6-8-27(9-7-26)17-12-20(29)28(21(17)30)16-4-5-18-19(11-16)32-13-31-18/h1-5,10-11,17H,6-9,12-13H2/t17-/m0/s1. The highest BCUT2D eigenvalue weighted by Crippen LogP contribution is 2.37. The summed E-state index contributed by atoms with van der Waals surface area (Å²) in [5.41, 5.74) is 0.248. The summed E-state index contributed by atoms with van der Waals surface area (Å²) in [5.74, 6) is 0.455. The quantitative estimate of drug-likeness (QED) is 0.675. The first-order valence-corrected chi connectivity index (χ1v) is 10.2. The van der Waals surface area contributed by atoms with Crippen molar-refractivity contribution in [2.24, 2.45) is 0 Å². The number of anilines is 2. The van der Waals surface area contributed by atoms with Gasteiger partial charge in [-0.15, -0.1) is 0 Å². The summed E-state index contributed by atoms with van der Waals surface area (Å²) < 4.78 is 49.7. The van der Waals surface area contributed by atoms with Crippen molar-refractivity contribution in [1.82, 2.24) is 4.90 Å². The maximum atomic E-state index is 13.1. The number of hydrogen-bond donors (Lipinski definition) is 0. The lowest BCUT2D eigenvalue weighted by Crippen LogP contribution is -2.52. The van der Waals surface area contributed by atoms with E-state index in [1.165, 1.54) is 11.0 Å². The molecule has 2 fully saturated rings. The van der Waals surface area contributed by atoms with E-state index in [9.17, 15) is 22.8 Å². The van der Waals surface area contributed by atoms with E-state index in [1.54, 1.807) is 24.3 Å². The molecule has 1 atom stereocenters. The number of rotatable bonds is 3. The van der Waals surface area contributed by atoms with Crippen molar-refractivity contribution in [1.29, 1.82) is 0 Å². The van der Waals surface area contributed by atoms with Gasteiger partial charge in [-0.05, 0) is 30.3 Å². The number of ether oxygens (including phenoxy) is 2. The van der Waals surface area contributed by atoms with Gasteiger partial charge in [0.05, 0.1) is 23.7 Å². The average Bonchev–Trinajstić information content (AvgIpc) is 3.36. The van der Waals surface area contributed by atoms with Crippen LogP contribution < -0.4 is 19.3 Å². The van der Waals surface area contributed by atoms with Crippen LogP contribution in [0.1, 0.15) is 12.0 Å². The van der Waals surface area contributed by atoms with E-state index in [0.717, 1.165) is 12.1 Å². The van der Waals surface area contributed by atoms with Gasteiger partial charge < -0.3 is 14.4 Å². The molecule has 0 saturated carbocycles.